The number of alkyl halides is 3. The number of aromatic nitrogens is 1. The standard InChI is InChI=1S/C18H12F3NS/c1-10-11-5-2-3-8-15(11)22-16-12-6-4-7-14(18(19,20)21)17(12)23-9-13(10)16/h2-8H,9H2,1H3. The fourth-order valence-corrected chi connectivity index (χ4v) is 4.36. The highest BCUT2D eigenvalue weighted by Crippen LogP contribution is 2.48. The number of hydrogen-bond donors (Lipinski definition) is 0. The molecule has 0 fully saturated rings. The minimum absolute atomic E-state index is 0.287. The quantitative estimate of drug-likeness (QED) is 0.514. The molecule has 0 amide bonds. The highest BCUT2D eigenvalue weighted by molar-refractivity contribution is 7.98. The van der Waals surface area contributed by atoms with Crippen LogP contribution in [-0.4, -0.2) is 4.98 Å². The lowest BCUT2D eigenvalue weighted by molar-refractivity contribution is -0.139. The number of rotatable bonds is 0. The molecule has 0 radical (unpaired) electrons. The first-order valence-electron chi connectivity index (χ1n) is 7.18. The van der Waals surface area contributed by atoms with E-state index in [0.717, 1.165) is 28.1 Å². The number of para-hydroxylation sites is 1. The first-order valence-corrected chi connectivity index (χ1v) is 8.17. The first-order chi connectivity index (χ1) is 11.0. The molecule has 1 nitrogen and oxygen atoms in total. The van der Waals surface area contributed by atoms with Gasteiger partial charge in [0, 0.05) is 21.6 Å². The number of nitrogens with zero attached hydrogens (tertiary/aromatic N) is 1. The molecule has 116 valence electrons. The lowest BCUT2D eigenvalue weighted by Crippen LogP contribution is -2.11. The average molecular weight is 331 g/mol. The van der Waals surface area contributed by atoms with E-state index >= 15 is 0 Å². The zero-order valence-electron chi connectivity index (χ0n) is 12.2. The van der Waals surface area contributed by atoms with Crippen molar-refractivity contribution in [1.82, 2.24) is 4.98 Å². The molecule has 0 unspecified atom stereocenters. The van der Waals surface area contributed by atoms with Gasteiger partial charge in [0.05, 0.1) is 16.8 Å². The predicted octanol–water partition coefficient (Wildman–Crippen LogP) is 5.83. The summed E-state index contributed by atoms with van der Waals surface area (Å²) in [5, 5.41) is 1.06. The maximum absolute atomic E-state index is 13.3. The van der Waals surface area contributed by atoms with Crippen LogP contribution in [-0.2, 0) is 11.9 Å². The van der Waals surface area contributed by atoms with Crippen LogP contribution in [0, 0.1) is 6.92 Å². The molecule has 23 heavy (non-hydrogen) atoms. The second kappa shape index (κ2) is 4.99. The van der Waals surface area contributed by atoms with Crippen molar-refractivity contribution < 1.29 is 13.2 Å². The number of pyridine rings is 1. The van der Waals surface area contributed by atoms with E-state index in [0.29, 0.717) is 17.0 Å². The molecule has 0 atom stereocenters. The van der Waals surface area contributed by atoms with Crippen LogP contribution < -0.4 is 0 Å². The predicted molar refractivity (Wildman–Crippen MR) is 86.5 cm³/mol. The summed E-state index contributed by atoms with van der Waals surface area (Å²) >= 11 is 1.25. The van der Waals surface area contributed by atoms with Gasteiger partial charge >= 0.3 is 6.18 Å². The molecule has 4 rings (SSSR count). The lowest BCUT2D eigenvalue weighted by Gasteiger charge is -2.24. The highest BCUT2D eigenvalue weighted by atomic mass is 32.2. The zero-order chi connectivity index (χ0) is 16.2. The van der Waals surface area contributed by atoms with Gasteiger partial charge in [-0.3, -0.25) is 0 Å². The van der Waals surface area contributed by atoms with Gasteiger partial charge in [-0.25, -0.2) is 4.98 Å². The SMILES string of the molecule is Cc1c2c(nc3ccccc13)-c1cccc(C(F)(F)F)c1SC2. The maximum atomic E-state index is 13.3. The summed E-state index contributed by atoms with van der Waals surface area (Å²) < 4.78 is 39.8. The molecular formula is C18H12F3NS. The molecule has 0 N–H and O–H groups in total. The Labute approximate surface area is 135 Å². The van der Waals surface area contributed by atoms with Gasteiger partial charge in [-0.15, -0.1) is 11.8 Å². The van der Waals surface area contributed by atoms with E-state index in [1.54, 1.807) is 6.07 Å². The number of hydrogen-bond acceptors (Lipinski definition) is 2. The van der Waals surface area contributed by atoms with E-state index < -0.39 is 11.7 Å². The summed E-state index contributed by atoms with van der Waals surface area (Å²) in [6, 6.07) is 12.1. The second-order valence-electron chi connectivity index (χ2n) is 5.55. The molecule has 3 aromatic rings. The maximum Gasteiger partial charge on any atom is 0.417 e. The molecule has 2 heterocycles. The number of halogens is 3. The number of thioether (sulfide) groups is 1. The lowest BCUT2D eigenvalue weighted by atomic mass is 9.97. The van der Waals surface area contributed by atoms with Gasteiger partial charge in [0.25, 0.3) is 0 Å². The third-order valence-electron chi connectivity index (χ3n) is 4.22. The van der Waals surface area contributed by atoms with Gasteiger partial charge in [-0.2, -0.15) is 13.2 Å². The van der Waals surface area contributed by atoms with Crippen molar-refractivity contribution in [2.24, 2.45) is 0 Å². The van der Waals surface area contributed by atoms with Crippen LogP contribution >= 0.6 is 11.8 Å². The second-order valence-corrected chi connectivity index (χ2v) is 6.54. The number of fused-ring (bicyclic) bond motifs is 4. The minimum atomic E-state index is -4.35. The Kier molecular flexibility index (Phi) is 3.17. The molecule has 0 aliphatic carbocycles. The monoisotopic (exact) mass is 331 g/mol. The Morgan fingerprint density at radius 2 is 1.83 bits per heavy atom. The fraction of sp³-hybridized carbons (Fsp3) is 0.167. The molecule has 1 aliphatic heterocycles. The van der Waals surface area contributed by atoms with E-state index in [4.69, 9.17) is 0 Å². The van der Waals surface area contributed by atoms with E-state index in [-0.39, 0.29) is 4.90 Å². The largest absolute Gasteiger partial charge is 0.417 e. The molecule has 0 saturated carbocycles. The summed E-state index contributed by atoms with van der Waals surface area (Å²) in [5.74, 6) is 0.513. The third-order valence-corrected chi connectivity index (χ3v) is 5.38. The van der Waals surface area contributed by atoms with Gasteiger partial charge in [0.1, 0.15) is 0 Å². The van der Waals surface area contributed by atoms with Gasteiger partial charge in [0.2, 0.25) is 0 Å². The molecule has 0 spiro atoms. The Bertz CT molecular complexity index is 931. The van der Waals surface area contributed by atoms with Crippen molar-refractivity contribution in [3.63, 3.8) is 0 Å². The number of benzene rings is 2. The van der Waals surface area contributed by atoms with E-state index in [1.807, 2.05) is 31.2 Å². The highest BCUT2D eigenvalue weighted by Gasteiger charge is 2.36. The topological polar surface area (TPSA) is 12.9 Å². The average Bonchev–Trinajstić information content (AvgIpc) is 2.53. The van der Waals surface area contributed by atoms with Crippen LogP contribution in [0.1, 0.15) is 16.7 Å². The molecular weight excluding hydrogens is 319 g/mol. The summed E-state index contributed by atoms with van der Waals surface area (Å²) in [4.78, 5) is 4.95. The molecule has 1 aromatic heterocycles. The first kappa shape index (κ1) is 14.6. The molecule has 1 aliphatic rings. The summed E-state index contributed by atoms with van der Waals surface area (Å²) in [5.41, 5.74) is 3.64. The smallest absolute Gasteiger partial charge is 0.247 e. The van der Waals surface area contributed by atoms with Gasteiger partial charge in [-0.05, 0) is 30.2 Å². The van der Waals surface area contributed by atoms with Crippen molar-refractivity contribution in [3.8, 4) is 11.3 Å². The van der Waals surface area contributed by atoms with E-state index in [2.05, 4.69) is 4.98 Å². The van der Waals surface area contributed by atoms with Gasteiger partial charge < -0.3 is 0 Å². The normalized spacial score (nSPS) is 13.7. The Morgan fingerprint density at radius 3 is 2.61 bits per heavy atom. The number of aryl methyl sites for hydroxylation is 1. The fourth-order valence-electron chi connectivity index (χ4n) is 3.06. The summed E-state index contributed by atoms with van der Waals surface area (Å²) in [6.07, 6.45) is -4.35. The third kappa shape index (κ3) is 2.22. The van der Waals surface area contributed by atoms with Gasteiger partial charge in [-0.1, -0.05) is 30.3 Å². The molecule has 5 heteroatoms. The molecule has 0 bridgehead atoms. The van der Waals surface area contributed by atoms with Gasteiger partial charge in [0.15, 0.2) is 0 Å². The van der Waals surface area contributed by atoms with Crippen molar-refractivity contribution in [3.05, 3.63) is 59.2 Å². The van der Waals surface area contributed by atoms with E-state index in [1.165, 1.54) is 17.8 Å². The zero-order valence-corrected chi connectivity index (χ0v) is 13.1. The van der Waals surface area contributed by atoms with Crippen molar-refractivity contribution in [1.29, 1.82) is 0 Å². The van der Waals surface area contributed by atoms with Crippen molar-refractivity contribution in [2.45, 2.75) is 23.7 Å². The van der Waals surface area contributed by atoms with Crippen LogP contribution in [0.2, 0.25) is 0 Å². The van der Waals surface area contributed by atoms with Crippen LogP contribution in [0.4, 0.5) is 13.2 Å². The van der Waals surface area contributed by atoms with Crippen LogP contribution in [0.5, 0.6) is 0 Å². The Hall–Kier alpha value is -2.01. The van der Waals surface area contributed by atoms with Crippen LogP contribution in [0.3, 0.4) is 0 Å². The molecule has 0 saturated heterocycles. The summed E-state index contributed by atoms with van der Waals surface area (Å²) in [6.45, 7) is 2.02. The Balaban J connectivity index is 2.04. The minimum Gasteiger partial charge on any atom is -0.247 e. The van der Waals surface area contributed by atoms with E-state index in [9.17, 15) is 13.2 Å². The summed E-state index contributed by atoms with van der Waals surface area (Å²) in [7, 11) is 0. The van der Waals surface area contributed by atoms with Crippen molar-refractivity contribution in [2.75, 3.05) is 0 Å². The molecule has 2 aromatic carbocycles. The van der Waals surface area contributed by atoms with Crippen LogP contribution in [0.15, 0.2) is 47.4 Å². The van der Waals surface area contributed by atoms with Crippen LogP contribution in [0.25, 0.3) is 22.2 Å². The Morgan fingerprint density at radius 1 is 1.04 bits per heavy atom. The van der Waals surface area contributed by atoms with Crippen molar-refractivity contribution >= 4 is 22.7 Å².